The van der Waals surface area contributed by atoms with Crippen LogP contribution in [-0.4, -0.2) is 19.3 Å². The van der Waals surface area contributed by atoms with E-state index in [9.17, 15) is 13.2 Å². The van der Waals surface area contributed by atoms with Crippen molar-refractivity contribution >= 4 is 0 Å². The molecule has 0 bridgehead atoms. The summed E-state index contributed by atoms with van der Waals surface area (Å²) >= 11 is 0. The van der Waals surface area contributed by atoms with Crippen LogP contribution in [0.2, 0.25) is 0 Å². The minimum absolute atomic E-state index is 0.0143. The zero-order valence-electron chi connectivity index (χ0n) is 14.2. The van der Waals surface area contributed by atoms with Crippen LogP contribution < -0.4 is 4.74 Å². The molecule has 1 heterocycles. The van der Waals surface area contributed by atoms with Gasteiger partial charge in [-0.1, -0.05) is 0 Å². The molecule has 25 heavy (non-hydrogen) atoms. The standard InChI is InChI=1S/C20H19F3O2/c1-3-24-15-7-6-12-14-8-13(11-5-4-10(2)25-9-11)18(21)20(23)17(14)16(12)19(15)22/h6-8,10-11H,3-5,9H2,1-2H3. The second-order valence-corrected chi connectivity index (χ2v) is 6.67. The van der Waals surface area contributed by atoms with Gasteiger partial charge in [-0.3, -0.25) is 0 Å². The Bertz CT molecular complexity index is 840. The van der Waals surface area contributed by atoms with Gasteiger partial charge in [0.15, 0.2) is 23.2 Å². The van der Waals surface area contributed by atoms with Gasteiger partial charge in [0.1, 0.15) is 0 Å². The summed E-state index contributed by atoms with van der Waals surface area (Å²) in [5.74, 6) is -2.62. The van der Waals surface area contributed by atoms with Crippen molar-refractivity contribution < 1.29 is 22.6 Å². The quantitative estimate of drug-likeness (QED) is 0.628. The monoisotopic (exact) mass is 348 g/mol. The number of rotatable bonds is 3. The first-order valence-electron chi connectivity index (χ1n) is 8.62. The Morgan fingerprint density at radius 1 is 1.04 bits per heavy atom. The van der Waals surface area contributed by atoms with Crippen molar-refractivity contribution in [3.63, 3.8) is 0 Å². The third-order valence-electron chi connectivity index (χ3n) is 5.12. The Morgan fingerprint density at radius 2 is 1.80 bits per heavy atom. The summed E-state index contributed by atoms with van der Waals surface area (Å²) < 4.78 is 54.7. The molecule has 0 amide bonds. The summed E-state index contributed by atoms with van der Waals surface area (Å²) in [5.41, 5.74) is 1.60. The molecule has 2 aromatic carbocycles. The zero-order valence-corrected chi connectivity index (χ0v) is 14.2. The maximum absolute atomic E-state index is 14.7. The molecule has 2 aliphatic rings. The summed E-state index contributed by atoms with van der Waals surface area (Å²) in [6.45, 7) is 4.39. The highest BCUT2D eigenvalue weighted by molar-refractivity contribution is 6.03. The van der Waals surface area contributed by atoms with Crippen molar-refractivity contribution in [2.75, 3.05) is 13.2 Å². The van der Waals surface area contributed by atoms with Crippen molar-refractivity contribution in [1.82, 2.24) is 0 Å². The topological polar surface area (TPSA) is 18.5 Å². The molecule has 1 saturated heterocycles. The molecule has 0 N–H and O–H groups in total. The fraction of sp³-hybridized carbons (Fsp3) is 0.400. The SMILES string of the molecule is CCOc1ccc2c(c1F)-c1c-2cc(C2CCC(C)OC2)c(F)c1F. The average molecular weight is 348 g/mol. The van der Waals surface area contributed by atoms with Crippen LogP contribution in [0.25, 0.3) is 22.3 Å². The van der Waals surface area contributed by atoms with Gasteiger partial charge in [-0.2, -0.15) is 0 Å². The molecule has 0 saturated carbocycles. The zero-order chi connectivity index (χ0) is 17.7. The summed E-state index contributed by atoms with van der Waals surface area (Å²) in [4.78, 5) is 0. The third kappa shape index (κ3) is 2.44. The van der Waals surface area contributed by atoms with Crippen LogP contribution in [0, 0.1) is 17.5 Å². The van der Waals surface area contributed by atoms with E-state index in [2.05, 4.69) is 0 Å². The maximum atomic E-state index is 14.7. The minimum Gasteiger partial charge on any atom is -0.491 e. The smallest absolute Gasteiger partial charge is 0.173 e. The lowest BCUT2D eigenvalue weighted by atomic mass is 9.76. The second-order valence-electron chi connectivity index (χ2n) is 6.67. The Kier molecular flexibility index (Phi) is 3.99. The summed E-state index contributed by atoms with van der Waals surface area (Å²) in [7, 11) is 0. The van der Waals surface area contributed by atoms with Gasteiger partial charge in [0.25, 0.3) is 0 Å². The van der Waals surface area contributed by atoms with Crippen LogP contribution in [-0.2, 0) is 4.74 Å². The van der Waals surface area contributed by atoms with E-state index in [1.165, 1.54) is 6.07 Å². The number of hydrogen-bond donors (Lipinski definition) is 0. The van der Waals surface area contributed by atoms with E-state index in [1.54, 1.807) is 19.1 Å². The van der Waals surface area contributed by atoms with Crippen LogP contribution in [0.15, 0.2) is 18.2 Å². The van der Waals surface area contributed by atoms with Crippen molar-refractivity contribution in [2.45, 2.75) is 38.7 Å². The van der Waals surface area contributed by atoms with Crippen molar-refractivity contribution in [1.29, 1.82) is 0 Å². The van der Waals surface area contributed by atoms with Gasteiger partial charge in [0.05, 0.1) is 19.3 Å². The predicted molar refractivity (Wildman–Crippen MR) is 89.3 cm³/mol. The van der Waals surface area contributed by atoms with Crippen LogP contribution in [0.5, 0.6) is 5.75 Å². The van der Waals surface area contributed by atoms with E-state index in [-0.39, 0.29) is 28.9 Å². The first-order chi connectivity index (χ1) is 12.0. The minimum atomic E-state index is -0.980. The normalized spacial score (nSPS) is 21.3. The lowest BCUT2D eigenvalue weighted by molar-refractivity contribution is 0.0147. The predicted octanol–water partition coefficient (Wildman–Crippen LogP) is 5.43. The van der Waals surface area contributed by atoms with E-state index >= 15 is 0 Å². The van der Waals surface area contributed by atoms with E-state index < -0.39 is 17.5 Å². The molecule has 4 rings (SSSR count). The van der Waals surface area contributed by atoms with Crippen LogP contribution >= 0.6 is 0 Å². The summed E-state index contributed by atoms with van der Waals surface area (Å²) in [6.07, 6.45) is 1.70. The Hall–Kier alpha value is -2.01. The van der Waals surface area contributed by atoms with E-state index in [0.29, 0.717) is 29.9 Å². The number of ether oxygens (including phenoxy) is 2. The Labute approximate surface area is 144 Å². The highest BCUT2D eigenvalue weighted by atomic mass is 19.2. The maximum Gasteiger partial charge on any atom is 0.173 e. The molecule has 2 aromatic rings. The first-order valence-corrected chi connectivity index (χ1v) is 8.62. The average Bonchev–Trinajstić information content (AvgIpc) is 2.58. The van der Waals surface area contributed by atoms with Gasteiger partial charge in [-0.25, -0.2) is 13.2 Å². The number of benzene rings is 2. The van der Waals surface area contributed by atoms with Gasteiger partial charge < -0.3 is 9.47 Å². The molecule has 0 radical (unpaired) electrons. The Balaban J connectivity index is 1.77. The fourth-order valence-electron chi connectivity index (χ4n) is 3.76. The fourth-order valence-corrected chi connectivity index (χ4v) is 3.76. The molecular formula is C20H19F3O2. The molecule has 2 unspecified atom stereocenters. The summed E-state index contributed by atoms with van der Waals surface area (Å²) in [6, 6.07) is 4.89. The van der Waals surface area contributed by atoms with Gasteiger partial charge in [0, 0.05) is 17.0 Å². The molecule has 1 aliphatic carbocycles. The first kappa shape index (κ1) is 16.5. The van der Waals surface area contributed by atoms with Gasteiger partial charge in [-0.05, 0) is 61.6 Å². The van der Waals surface area contributed by atoms with Crippen LogP contribution in [0.4, 0.5) is 13.2 Å². The molecule has 0 spiro atoms. The molecule has 2 nitrogen and oxygen atoms in total. The lowest BCUT2D eigenvalue weighted by Gasteiger charge is -2.31. The van der Waals surface area contributed by atoms with Gasteiger partial charge >= 0.3 is 0 Å². The molecule has 1 fully saturated rings. The van der Waals surface area contributed by atoms with Gasteiger partial charge in [-0.15, -0.1) is 0 Å². The molecule has 132 valence electrons. The summed E-state index contributed by atoms with van der Waals surface area (Å²) in [5, 5.41) is 0. The van der Waals surface area contributed by atoms with E-state index in [0.717, 1.165) is 12.8 Å². The third-order valence-corrected chi connectivity index (χ3v) is 5.12. The highest BCUT2D eigenvalue weighted by Crippen LogP contribution is 2.53. The van der Waals surface area contributed by atoms with Gasteiger partial charge in [0.2, 0.25) is 0 Å². The second kappa shape index (κ2) is 6.06. The molecule has 5 heteroatoms. The van der Waals surface area contributed by atoms with E-state index in [4.69, 9.17) is 9.47 Å². The molecule has 0 aromatic heterocycles. The van der Waals surface area contributed by atoms with Crippen molar-refractivity contribution in [3.8, 4) is 28.0 Å². The number of fused-ring (bicyclic) bond motifs is 4. The number of halogens is 3. The molecule has 2 atom stereocenters. The highest BCUT2D eigenvalue weighted by Gasteiger charge is 2.36. The molecule has 1 aliphatic heterocycles. The van der Waals surface area contributed by atoms with Crippen molar-refractivity contribution in [2.24, 2.45) is 0 Å². The Morgan fingerprint density at radius 3 is 2.48 bits per heavy atom. The van der Waals surface area contributed by atoms with E-state index in [1.807, 2.05) is 6.92 Å². The molecular weight excluding hydrogens is 329 g/mol. The largest absolute Gasteiger partial charge is 0.491 e. The lowest BCUT2D eigenvalue weighted by Crippen LogP contribution is -2.23. The van der Waals surface area contributed by atoms with Crippen molar-refractivity contribution in [3.05, 3.63) is 41.2 Å². The number of hydrogen-bond acceptors (Lipinski definition) is 2. The van der Waals surface area contributed by atoms with Crippen LogP contribution in [0.1, 0.15) is 38.2 Å². The van der Waals surface area contributed by atoms with Crippen LogP contribution in [0.3, 0.4) is 0 Å².